The zero-order valence-electron chi connectivity index (χ0n) is 19.8. The van der Waals surface area contributed by atoms with Crippen LogP contribution in [0.25, 0.3) is 0 Å². The molecular formula is C24H48KNO2. The van der Waals surface area contributed by atoms with E-state index in [-0.39, 0.29) is 57.8 Å². The van der Waals surface area contributed by atoms with Crippen molar-refractivity contribution in [1.29, 1.82) is 0 Å². The predicted molar refractivity (Wildman–Crippen MR) is 116 cm³/mol. The van der Waals surface area contributed by atoms with Crippen LogP contribution in [0.3, 0.4) is 0 Å². The van der Waals surface area contributed by atoms with E-state index in [1.165, 1.54) is 96.6 Å². The van der Waals surface area contributed by atoms with Gasteiger partial charge in [-0.25, -0.2) is 0 Å². The minimum Gasteiger partial charge on any atom is -0.550 e. The average Bonchev–Trinajstić information content (AvgIpc) is 2.64. The van der Waals surface area contributed by atoms with E-state index < -0.39 is 5.97 Å². The molecule has 0 spiro atoms. The zero-order valence-corrected chi connectivity index (χ0v) is 22.9. The molecule has 0 heterocycles. The summed E-state index contributed by atoms with van der Waals surface area (Å²) in [7, 11) is 0. The number of hydrogen-bond acceptors (Lipinski definition) is 3. The number of carbonyl (C=O) groups excluding carboxylic acids is 1. The van der Waals surface area contributed by atoms with Crippen LogP contribution < -0.4 is 56.5 Å². The van der Waals surface area contributed by atoms with Crippen molar-refractivity contribution in [3.05, 3.63) is 0 Å². The fraction of sp³-hybridized carbons (Fsp3) is 0.958. The fourth-order valence-corrected chi connectivity index (χ4v) is 3.81. The maximum atomic E-state index is 10.5. The third-order valence-electron chi connectivity index (χ3n) is 5.72. The van der Waals surface area contributed by atoms with Gasteiger partial charge in [0.25, 0.3) is 0 Å². The molecule has 0 fully saturated rings. The first kappa shape index (κ1) is 31.3. The van der Waals surface area contributed by atoms with Gasteiger partial charge in [0, 0.05) is 12.0 Å². The van der Waals surface area contributed by atoms with E-state index >= 15 is 0 Å². The first-order chi connectivity index (χ1) is 13.1. The topological polar surface area (TPSA) is 43.4 Å². The summed E-state index contributed by atoms with van der Waals surface area (Å²) in [6.07, 6.45) is 20.7. The van der Waals surface area contributed by atoms with Gasteiger partial charge in [0.1, 0.15) is 0 Å². The van der Waals surface area contributed by atoms with Crippen molar-refractivity contribution in [2.24, 2.45) is 0 Å². The molecule has 0 bridgehead atoms. The molecule has 0 aliphatic heterocycles. The first-order valence-electron chi connectivity index (χ1n) is 12.1. The number of carboxylic acid groups (broad SMARTS) is 1. The molecule has 0 aromatic heterocycles. The van der Waals surface area contributed by atoms with Crippen molar-refractivity contribution >= 4 is 5.97 Å². The van der Waals surface area contributed by atoms with E-state index in [0.717, 1.165) is 19.3 Å². The molecule has 0 aromatic carbocycles. The summed E-state index contributed by atoms with van der Waals surface area (Å²) in [5.41, 5.74) is 0. The molecule has 28 heavy (non-hydrogen) atoms. The Bertz CT molecular complexity index is 310. The summed E-state index contributed by atoms with van der Waals surface area (Å²) in [4.78, 5) is 13.2. The number of nitrogens with zero attached hydrogens (tertiary/aromatic N) is 1. The van der Waals surface area contributed by atoms with E-state index in [9.17, 15) is 9.90 Å². The molecule has 4 heteroatoms. The van der Waals surface area contributed by atoms with Crippen molar-refractivity contribution in [2.75, 3.05) is 13.1 Å². The van der Waals surface area contributed by atoms with Crippen LogP contribution >= 0.6 is 0 Å². The van der Waals surface area contributed by atoms with Crippen molar-refractivity contribution < 1.29 is 61.3 Å². The summed E-state index contributed by atoms with van der Waals surface area (Å²) >= 11 is 0. The van der Waals surface area contributed by atoms with Gasteiger partial charge in [-0.05, 0) is 52.1 Å². The number of aliphatic carboxylic acids is 1. The van der Waals surface area contributed by atoms with Gasteiger partial charge in [-0.3, -0.25) is 0 Å². The molecule has 3 nitrogen and oxygen atoms in total. The fourth-order valence-electron chi connectivity index (χ4n) is 3.81. The third-order valence-corrected chi connectivity index (χ3v) is 5.72. The Balaban J connectivity index is 0. The van der Waals surface area contributed by atoms with Crippen LogP contribution in [-0.2, 0) is 4.79 Å². The van der Waals surface area contributed by atoms with Crippen molar-refractivity contribution in [3.63, 3.8) is 0 Å². The molecule has 0 aliphatic rings. The minimum atomic E-state index is -0.907. The standard InChI is InChI=1S/C24H49NO2.K/c1-4-6-8-10-12-17-21-25(22-18-13-11-9-7-5-2)23(3)19-15-14-16-20-24(26)27;/h23H,4-22H2,1-3H3,(H,26,27);/q;+1/p-1. The average molecular weight is 422 g/mol. The number of carboxylic acids is 1. The minimum absolute atomic E-state index is 0. The molecule has 162 valence electrons. The molecule has 0 N–H and O–H groups in total. The summed E-state index contributed by atoms with van der Waals surface area (Å²) in [5.74, 6) is -0.907. The van der Waals surface area contributed by atoms with Gasteiger partial charge in [-0.1, -0.05) is 90.9 Å². The van der Waals surface area contributed by atoms with Crippen LogP contribution in [0, 0.1) is 0 Å². The van der Waals surface area contributed by atoms with E-state index in [1.54, 1.807) is 0 Å². The number of rotatable bonds is 21. The van der Waals surface area contributed by atoms with Gasteiger partial charge >= 0.3 is 51.4 Å². The normalized spacial score (nSPS) is 12.1. The van der Waals surface area contributed by atoms with Gasteiger partial charge in [-0.2, -0.15) is 0 Å². The third kappa shape index (κ3) is 21.8. The summed E-state index contributed by atoms with van der Waals surface area (Å²) in [6, 6.07) is 0.624. The Kier molecular flexibility index (Phi) is 27.2. The molecule has 0 rings (SSSR count). The molecule has 1 unspecified atom stereocenters. The Morgan fingerprint density at radius 2 is 1.14 bits per heavy atom. The summed E-state index contributed by atoms with van der Waals surface area (Å²) < 4.78 is 0. The molecular weight excluding hydrogens is 373 g/mol. The quantitative estimate of drug-likeness (QED) is 0.211. The van der Waals surface area contributed by atoms with E-state index in [4.69, 9.17) is 0 Å². The smallest absolute Gasteiger partial charge is 0.550 e. The van der Waals surface area contributed by atoms with Gasteiger partial charge in [0.2, 0.25) is 0 Å². The molecule has 0 radical (unpaired) electrons. The van der Waals surface area contributed by atoms with Crippen LogP contribution in [0.5, 0.6) is 0 Å². The van der Waals surface area contributed by atoms with Crippen molar-refractivity contribution in [1.82, 2.24) is 4.90 Å². The molecule has 0 saturated heterocycles. The Morgan fingerprint density at radius 1 is 0.714 bits per heavy atom. The van der Waals surface area contributed by atoms with E-state index in [2.05, 4.69) is 25.7 Å². The molecule has 0 amide bonds. The second-order valence-electron chi connectivity index (χ2n) is 8.39. The summed E-state index contributed by atoms with van der Waals surface area (Å²) in [5, 5.41) is 10.5. The Labute approximate surface area is 219 Å². The van der Waals surface area contributed by atoms with Crippen molar-refractivity contribution in [2.45, 2.75) is 136 Å². The number of unbranched alkanes of at least 4 members (excludes halogenated alkanes) is 12. The summed E-state index contributed by atoms with van der Waals surface area (Å²) in [6.45, 7) is 9.39. The van der Waals surface area contributed by atoms with Gasteiger partial charge in [0.05, 0.1) is 0 Å². The Hall–Kier alpha value is 1.07. The van der Waals surface area contributed by atoms with Crippen LogP contribution in [-0.4, -0.2) is 30.0 Å². The maximum absolute atomic E-state index is 10.5. The second kappa shape index (κ2) is 24.3. The van der Waals surface area contributed by atoms with E-state index in [0.29, 0.717) is 6.04 Å². The van der Waals surface area contributed by atoms with Gasteiger partial charge in [0.15, 0.2) is 0 Å². The SMILES string of the molecule is CCCCCCCCN(CCCCCCCC)C(C)CCCCCC(=O)[O-].[K+]. The molecule has 0 saturated carbocycles. The zero-order chi connectivity index (χ0) is 20.2. The predicted octanol–water partition coefficient (Wildman–Crippen LogP) is 3.10. The number of carbonyl (C=O) groups is 1. The maximum Gasteiger partial charge on any atom is 1.00 e. The Morgan fingerprint density at radius 3 is 1.61 bits per heavy atom. The van der Waals surface area contributed by atoms with Crippen LogP contribution in [0.2, 0.25) is 0 Å². The monoisotopic (exact) mass is 421 g/mol. The van der Waals surface area contributed by atoms with Crippen molar-refractivity contribution in [3.8, 4) is 0 Å². The van der Waals surface area contributed by atoms with Gasteiger partial charge < -0.3 is 14.8 Å². The molecule has 1 atom stereocenters. The first-order valence-corrected chi connectivity index (χ1v) is 12.1. The second-order valence-corrected chi connectivity index (χ2v) is 8.39. The molecule has 0 aliphatic carbocycles. The largest absolute Gasteiger partial charge is 1.00 e. The van der Waals surface area contributed by atoms with Crippen LogP contribution in [0.1, 0.15) is 130 Å². The number of hydrogen-bond donors (Lipinski definition) is 0. The van der Waals surface area contributed by atoms with E-state index in [1.807, 2.05) is 0 Å². The van der Waals surface area contributed by atoms with Gasteiger partial charge in [-0.15, -0.1) is 0 Å². The van der Waals surface area contributed by atoms with Crippen LogP contribution in [0.4, 0.5) is 0 Å². The molecule has 0 aromatic rings. The van der Waals surface area contributed by atoms with Crippen LogP contribution in [0.15, 0.2) is 0 Å².